The molecule has 0 rings (SSSR count). The van der Waals surface area contributed by atoms with Crippen LogP contribution in [0.15, 0.2) is 0 Å². The third kappa shape index (κ3) is 3.61. The fourth-order valence-corrected chi connectivity index (χ4v) is 1.93. The molecule has 14 heavy (non-hydrogen) atoms. The van der Waals surface area contributed by atoms with Gasteiger partial charge in [0.25, 0.3) is 0 Å². The molecule has 0 unspecified atom stereocenters. The van der Waals surface area contributed by atoms with Gasteiger partial charge in [0.15, 0.2) is 0 Å². The maximum atomic E-state index is 10.5. The molecular formula is C13H28O. The van der Waals surface area contributed by atoms with Crippen LogP contribution in [0.25, 0.3) is 0 Å². The highest BCUT2D eigenvalue weighted by Crippen LogP contribution is 2.32. The molecule has 0 bridgehead atoms. The summed E-state index contributed by atoms with van der Waals surface area (Å²) in [5, 5.41) is 10.5. The van der Waals surface area contributed by atoms with Gasteiger partial charge >= 0.3 is 0 Å². The van der Waals surface area contributed by atoms with E-state index in [-0.39, 0.29) is 0 Å². The molecule has 0 saturated carbocycles. The van der Waals surface area contributed by atoms with Gasteiger partial charge in [-0.15, -0.1) is 0 Å². The first-order valence-electron chi connectivity index (χ1n) is 6.06. The standard InChI is InChI=1S/C13H28O/c1-7-12(6)8-9-13(14,10(2)3)11(4)5/h10-12,14H,7-9H2,1-6H3/t12-/m1/s1. The van der Waals surface area contributed by atoms with Crippen molar-refractivity contribution in [3.8, 4) is 0 Å². The minimum Gasteiger partial charge on any atom is -0.389 e. The summed E-state index contributed by atoms with van der Waals surface area (Å²) < 4.78 is 0. The summed E-state index contributed by atoms with van der Waals surface area (Å²) >= 11 is 0. The molecule has 1 atom stereocenters. The van der Waals surface area contributed by atoms with Gasteiger partial charge in [-0.2, -0.15) is 0 Å². The van der Waals surface area contributed by atoms with Gasteiger partial charge in [0.05, 0.1) is 5.60 Å². The molecule has 1 nitrogen and oxygen atoms in total. The van der Waals surface area contributed by atoms with Gasteiger partial charge in [0.1, 0.15) is 0 Å². The van der Waals surface area contributed by atoms with Crippen molar-refractivity contribution in [2.24, 2.45) is 17.8 Å². The van der Waals surface area contributed by atoms with E-state index >= 15 is 0 Å². The van der Waals surface area contributed by atoms with Crippen LogP contribution >= 0.6 is 0 Å². The molecule has 0 aromatic carbocycles. The van der Waals surface area contributed by atoms with Gasteiger partial charge in [-0.05, 0) is 30.6 Å². The van der Waals surface area contributed by atoms with Crippen molar-refractivity contribution >= 4 is 0 Å². The van der Waals surface area contributed by atoms with Crippen LogP contribution in [0.3, 0.4) is 0 Å². The lowest BCUT2D eigenvalue weighted by Crippen LogP contribution is -2.40. The molecule has 0 fully saturated rings. The predicted molar refractivity (Wildman–Crippen MR) is 63.3 cm³/mol. The highest BCUT2D eigenvalue weighted by atomic mass is 16.3. The van der Waals surface area contributed by atoms with E-state index < -0.39 is 5.60 Å². The van der Waals surface area contributed by atoms with Crippen molar-refractivity contribution in [3.05, 3.63) is 0 Å². The van der Waals surface area contributed by atoms with Crippen LogP contribution < -0.4 is 0 Å². The summed E-state index contributed by atoms with van der Waals surface area (Å²) in [5.74, 6) is 1.44. The van der Waals surface area contributed by atoms with E-state index in [4.69, 9.17) is 0 Å². The molecule has 0 aromatic heterocycles. The highest BCUT2D eigenvalue weighted by molar-refractivity contribution is 4.85. The molecular weight excluding hydrogens is 172 g/mol. The van der Waals surface area contributed by atoms with Crippen LogP contribution in [0, 0.1) is 17.8 Å². The van der Waals surface area contributed by atoms with Crippen molar-refractivity contribution in [2.45, 2.75) is 66.4 Å². The Morgan fingerprint density at radius 1 is 1.00 bits per heavy atom. The SMILES string of the molecule is CC[C@@H](C)CCC(O)(C(C)C)C(C)C. The minimum atomic E-state index is -0.469. The van der Waals surface area contributed by atoms with E-state index in [0.29, 0.717) is 11.8 Å². The molecule has 86 valence electrons. The van der Waals surface area contributed by atoms with E-state index in [9.17, 15) is 5.11 Å². The number of hydrogen-bond acceptors (Lipinski definition) is 1. The summed E-state index contributed by atoms with van der Waals surface area (Å²) in [6.07, 6.45) is 3.30. The monoisotopic (exact) mass is 200 g/mol. The van der Waals surface area contributed by atoms with E-state index in [0.717, 1.165) is 18.8 Å². The van der Waals surface area contributed by atoms with Gasteiger partial charge in [-0.3, -0.25) is 0 Å². The molecule has 0 spiro atoms. The Labute approximate surface area is 89.9 Å². The van der Waals surface area contributed by atoms with Crippen molar-refractivity contribution < 1.29 is 5.11 Å². The minimum absolute atomic E-state index is 0.353. The van der Waals surface area contributed by atoms with Gasteiger partial charge in [-0.1, -0.05) is 48.0 Å². The molecule has 1 heteroatoms. The third-order valence-corrected chi connectivity index (χ3v) is 3.73. The summed E-state index contributed by atoms with van der Waals surface area (Å²) in [4.78, 5) is 0. The van der Waals surface area contributed by atoms with E-state index in [1.54, 1.807) is 0 Å². The average Bonchev–Trinajstić information content (AvgIpc) is 2.12. The Balaban J connectivity index is 4.24. The van der Waals surface area contributed by atoms with Crippen LogP contribution in [0.2, 0.25) is 0 Å². The Bertz CT molecular complexity index is 141. The normalized spacial score (nSPS) is 15.2. The Hall–Kier alpha value is -0.0400. The third-order valence-electron chi connectivity index (χ3n) is 3.73. The van der Waals surface area contributed by atoms with E-state index in [2.05, 4.69) is 41.5 Å². The van der Waals surface area contributed by atoms with Gasteiger partial charge in [0.2, 0.25) is 0 Å². The topological polar surface area (TPSA) is 20.2 Å². The van der Waals surface area contributed by atoms with Crippen molar-refractivity contribution in [1.29, 1.82) is 0 Å². The van der Waals surface area contributed by atoms with Crippen molar-refractivity contribution in [3.63, 3.8) is 0 Å². The Kier molecular flexibility index (Phi) is 5.73. The van der Waals surface area contributed by atoms with Crippen LogP contribution in [0.1, 0.15) is 60.8 Å². The van der Waals surface area contributed by atoms with E-state index in [1.165, 1.54) is 6.42 Å². The van der Waals surface area contributed by atoms with Crippen LogP contribution in [0.5, 0.6) is 0 Å². The maximum absolute atomic E-state index is 10.5. The molecule has 0 amide bonds. The maximum Gasteiger partial charge on any atom is 0.0693 e. The van der Waals surface area contributed by atoms with Crippen LogP contribution in [-0.4, -0.2) is 10.7 Å². The lowest BCUT2D eigenvalue weighted by atomic mass is 9.76. The summed E-state index contributed by atoms with van der Waals surface area (Å²) in [7, 11) is 0. The first kappa shape index (κ1) is 14.0. The first-order chi connectivity index (χ1) is 6.34. The molecule has 0 aliphatic rings. The number of rotatable bonds is 6. The summed E-state index contributed by atoms with van der Waals surface area (Å²) in [6.45, 7) is 13.0. The number of aliphatic hydroxyl groups is 1. The first-order valence-corrected chi connectivity index (χ1v) is 6.06. The molecule has 0 radical (unpaired) electrons. The predicted octanol–water partition coefficient (Wildman–Crippen LogP) is 3.86. The van der Waals surface area contributed by atoms with E-state index in [1.807, 2.05) is 0 Å². The second-order valence-electron chi connectivity index (χ2n) is 5.35. The van der Waals surface area contributed by atoms with Gasteiger partial charge < -0.3 is 5.11 Å². The zero-order valence-corrected chi connectivity index (χ0v) is 10.8. The summed E-state index contributed by atoms with van der Waals surface area (Å²) in [6, 6.07) is 0. The fraction of sp³-hybridized carbons (Fsp3) is 1.00. The molecule has 0 saturated heterocycles. The molecule has 1 N–H and O–H groups in total. The second kappa shape index (κ2) is 5.75. The van der Waals surface area contributed by atoms with Crippen molar-refractivity contribution in [2.75, 3.05) is 0 Å². The zero-order valence-electron chi connectivity index (χ0n) is 10.8. The highest BCUT2D eigenvalue weighted by Gasteiger charge is 2.34. The Morgan fingerprint density at radius 3 is 1.71 bits per heavy atom. The fourth-order valence-electron chi connectivity index (χ4n) is 1.93. The van der Waals surface area contributed by atoms with Crippen LogP contribution in [-0.2, 0) is 0 Å². The quantitative estimate of drug-likeness (QED) is 0.690. The zero-order chi connectivity index (χ0) is 11.4. The summed E-state index contributed by atoms with van der Waals surface area (Å²) in [5.41, 5.74) is -0.469. The lowest BCUT2D eigenvalue weighted by Gasteiger charge is -2.37. The Morgan fingerprint density at radius 2 is 1.43 bits per heavy atom. The molecule has 0 aliphatic heterocycles. The molecule has 0 heterocycles. The molecule has 0 aromatic rings. The van der Waals surface area contributed by atoms with Gasteiger partial charge in [0, 0.05) is 0 Å². The van der Waals surface area contributed by atoms with Crippen LogP contribution in [0.4, 0.5) is 0 Å². The molecule has 0 aliphatic carbocycles. The second-order valence-corrected chi connectivity index (χ2v) is 5.35. The van der Waals surface area contributed by atoms with Crippen molar-refractivity contribution in [1.82, 2.24) is 0 Å². The average molecular weight is 200 g/mol. The van der Waals surface area contributed by atoms with Gasteiger partial charge in [-0.25, -0.2) is 0 Å². The smallest absolute Gasteiger partial charge is 0.0693 e. The number of hydrogen-bond donors (Lipinski definition) is 1. The largest absolute Gasteiger partial charge is 0.389 e. The lowest BCUT2D eigenvalue weighted by molar-refractivity contribution is -0.0577.